The van der Waals surface area contributed by atoms with Gasteiger partial charge < -0.3 is 15.4 Å². The van der Waals surface area contributed by atoms with Gasteiger partial charge in [-0.25, -0.2) is 0 Å². The molecule has 0 bridgehead atoms. The zero-order valence-electron chi connectivity index (χ0n) is 14.0. The lowest BCUT2D eigenvalue weighted by molar-refractivity contribution is -0.115. The molecule has 25 heavy (non-hydrogen) atoms. The summed E-state index contributed by atoms with van der Waals surface area (Å²) < 4.78 is 5.16. The van der Waals surface area contributed by atoms with Crippen LogP contribution in [0.5, 0.6) is 5.75 Å². The number of methoxy groups -OCH3 is 1. The fourth-order valence-corrected chi connectivity index (χ4v) is 2.30. The Morgan fingerprint density at radius 1 is 1.04 bits per heavy atom. The Kier molecular flexibility index (Phi) is 6.47. The van der Waals surface area contributed by atoms with E-state index in [9.17, 15) is 9.59 Å². The number of thiocarbonyl (C=S) groups is 1. The molecule has 0 atom stereocenters. The van der Waals surface area contributed by atoms with Gasteiger partial charge in [0.1, 0.15) is 5.75 Å². The molecule has 7 heteroatoms. The molecule has 3 N–H and O–H groups in total. The monoisotopic (exact) mass is 357 g/mol. The molecule has 6 nitrogen and oxygen atoms in total. The molecule has 0 aromatic heterocycles. The molecule has 2 rings (SSSR count). The molecular formula is C18H19N3O3S. The van der Waals surface area contributed by atoms with Gasteiger partial charge >= 0.3 is 0 Å². The van der Waals surface area contributed by atoms with Crippen molar-refractivity contribution >= 4 is 40.5 Å². The number of hydrogen-bond donors (Lipinski definition) is 3. The van der Waals surface area contributed by atoms with E-state index in [-0.39, 0.29) is 16.9 Å². The molecule has 130 valence electrons. The van der Waals surface area contributed by atoms with E-state index in [1.807, 2.05) is 0 Å². The number of rotatable bonds is 5. The molecule has 0 saturated heterocycles. The topological polar surface area (TPSA) is 79.5 Å². The third kappa shape index (κ3) is 5.29. The Hall–Kier alpha value is -2.93. The number of carbonyl (C=O) groups excluding carboxylic acids is 2. The SMILES string of the molecule is CCC(=O)Nc1cccc(NC(=S)NC(=O)c2ccccc2OC)c1. The second-order valence-electron chi connectivity index (χ2n) is 5.09. The number of nitrogens with one attached hydrogen (secondary N) is 3. The average Bonchev–Trinajstić information content (AvgIpc) is 2.61. The summed E-state index contributed by atoms with van der Waals surface area (Å²) in [5.41, 5.74) is 1.69. The van der Waals surface area contributed by atoms with Crippen LogP contribution in [0.1, 0.15) is 23.7 Å². The Morgan fingerprint density at radius 2 is 1.72 bits per heavy atom. The minimum atomic E-state index is -0.370. The minimum Gasteiger partial charge on any atom is -0.496 e. The van der Waals surface area contributed by atoms with Crippen molar-refractivity contribution < 1.29 is 14.3 Å². The van der Waals surface area contributed by atoms with Gasteiger partial charge in [0, 0.05) is 17.8 Å². The minimum absolute atomic E-state index is 0.0794. The summed E-state index contributed by atoms with van der Waals surface area (Å²) in [5, 5.41) is 8.43. The van der Waals surface area contributed by atoms with Crippen LogP contribution in [0, 0.1) is 0 Å². The summed E-state index contributed by atoms with van der Waals surface area (Å²) in [6, 6.07) is 13.9. The number of ether oxygens (including phenoxy) is 1. The maximum Gasteiger partial charge on any atom is 0.261 e. The van der Waals surface area contributed by atoms with E-state index in [1.165, 1.54) is 7.11 Å². The van der Waals surface area contributed by atoms with E-state index in [0.29, 0.717) is 29.1 Å². The van der Waals surface area contributed by atoms with Crippen LogP contribution in [0.2, 0.25) is 0 Å². The highest BCUT2D eigenvalue weighted by Gasteiger charge is 2.13. The second kappa shape index (κ2) is 8.79. The van der Waals surface area contributed by atoms with Crippen molar-refractivity contribution in [3.63, 3.8) is 0 Å². The van der Waals surface area contributed by atoms with Crippen LogP contribution in [0.3, 0.4) is 0 Å². The number of benzene rings is 2. The van der Waals surface area contributed by atoms with Gasteiger partial charge in [-0.15, -0.1) is 0 Å². The molecule has 2 aromatic rings. The lowest BCUT2D eigenvalue weighted by Gasteiger charge is -2.12. The second-order valence-corrected chi connectivity index (χ2v) is 5.50. The van der Waals surface area contributed by atoms with E-state index in [0.717, 1.165) is 0 Å². The highest BCUT2D eigenvalue weighted by molar-refractivity contribution is 7.80. The van der Waals surface area contributed by atoms with Crippen molar-refractivity contribution in [1.82, 2.24) is 5.32 Å². The van der Waals surface area contributed by atoms with E-state index in [2.05, 4.69) is 16.0 Å². The smallest absolute Gasteiger partial charge is 0.261 e. The van der Waals surface area contributed by atoms with Crippen LogP contribution < -0.4 is 20.7 Å². The van der Waals surface area contributed by atoms with E-state index in [4.69, 9.17) is 17.0 Å². The molecule has 0 fully saturated rings. The molecule has 0 unspecified atom stereocenters. The molecule has 0 heterocycles. The number of para-hydroxylation sites is 1. The van der Waals surface area contributed by atoms with Gasteiger partial charge in [0.2, 0.25) is 5.91 Å². The number of hydrogen-bond acceptors (Lipinski definition) is 4. The van der Waals surface area contributed by atoms with Gasteiger partial charge in [0.25, 0.3) is 5.91 Å². The van der Waals surface area contributed by atoms with Crippen molar-refractivity contribution in [2.75, 3.05) is 17.7 Å². The Bertz CT molecular complexity index is 793. The van der Waals surface area contributed by atoms with Gasteiger partial charge in [-0.3, -0.25) is 14.9 Å². The molecule has 0 saturated carbocycles. The van der Waals surface area contributed by atoms with Gasteiger partial charge in [0.05, 0.1) is 12.7 Å². The third-order valence-electron chi connectivity index (χ3n) is 3.30. The summed E-state index contributed by atoms with van der Waals surface area (Å²) in [4.78, 5) is 23.8. The Labute approximate surface area is 151 Å². The predicted molar refractivity (Wildman–Crippen MR) is 102 cm³/mol. The van der Waals surface area contributed by atoms with Gasteiger partial charge in [-0.2, -0.15) is 0 Å². The van der Waals surface area contributed by atoms with Gasteiger partial charge in [-0.1, -0.05) is 25.1 Å². The normalized spacial score (nSPS) is 9.84. The largest absolute Gasteiger partial charge is 0.496 e. The number of anilines is 2. The van der Waals surface area contributed by atoms with Crippen LogP contribution in [-0.4, -0.2) is 24.0 Å². The summed E-state index contributed by atoms with van der Waals surface area (Å²) in [7, 11) is 1.50. The molecule has 0 radical (unpaired) electrons. The van der Waals surface area contributed by atoms with Crippen molar-refractivity contribution in [3.05, 3.63) is 54.1 Å². The van der Waals surface area contributed by atoms with Crippen LogP contribution in [-0.2, 0) is 4.79 Å². The van der Waals surface area contributed by atoms with E-state index < -0.39 is 0 Å². The average molecular weight is 357 g/mol. The summed E-state index contributed by atoms with van der Waals surface area (Å²) in [5.74, 6) is 0.0154. The first-order valence-corrected chi connectivity index (χ1v) is 8.09. The Balaban J connectivity index is 2.01. The van der Waals surface area contributed by atoms with Crippen LogP contribution in [0.25, 0.3) is 0 Å². The zero-order chi connectivity index (χ0) is 18.2. The maximum absolute atomic E-state index is 12.3. The summed E-state index contributed by atoms with van der Waals surface area (Å²) in [6.45, 7) is 1.78. The van der Waals surface area contributed by atoms with Crippen LogP contribution >= 0.6 is 12.2 Å². The highest BCUT2D eigenvalue weighted by atomic mass is 32.1. The molecular weight excluding hydrogens is 338 g/mol. The third-order valence-corrected chi connectivity index (χ3v) is 3.51. The zero-order valence-corrected chi connectivity index (χ0v) is 14.8. The van der Waals surface area contributed by atoms with Crippen molar-refractivity contribution in [3.8, 4) is 5.75 Å². The summed E-state index contributed by atoms with van der Waals surface area (Å²) >= 11 is 5.17. The highest BCUT2D eigenvalue weighted by Crippen LogP contribution is 2.18. The lowest BCUT2D eigenvalue weighted by atomic mass is 10.2. The van der Waals surface area contributed by atoms with Crippen molar-refractivity contribution in [2.45, 2.75) is 13.3 Å². The molecule has 0 aliphatic rings. The van der Waals surface area contributed by atoms with Gasteiger partial charge in [-0.05, 0) is 42.5 Å². The standard InChI is InChI=1S/C18H19N3O3S/c1-3-16(22)19-12-7-6-8-13(11-12)20-18(25)21-17(23)14-9-4-5-10-15(14)24-2/h4-11H,3H2,1-2H3,(H,19,22)(H2,20,21,23,25). The fourth-order valence-electron chi connectivity index (χ4n) is 2.09. The maximum atomic E-state index is 12.3. The van der Waals surface area contributed by atoms with Crippen LogP contribution in [0.15, 0.2) is 48.5 Å². The molecule has 0 aliphatic carbocycles. The first-order valence-electron chi connectivity index (χ1n) is 7.68. The lowest BCUT2D eigenvalue weighted by Crippen LogP contribution is -2.34. The predicted octanol–water partition coefficient (Wildman–Crippen LogP) is 3.17. The van der Waals surface area contributed by atoms with E-state index >= 15 is 0 Å². The molecule has 2 amide bonds. The van der Waals surface area contributed by atoms with Crippen molar-refractivity contribution in [2.24, 2.45) is 0 Å². The first-order chi connectivity index (χ1) is 12.0. The quantitative estimate of drug-likeness (QED) is 0.716. The molecule has 0 aliphatic heterocycles. The van der Waals surface area contributed by atoms with Crippen molar-refractivity contribution in [1.29, 1.82) is 0 Å². The fraction of sp³-hybridized carbons (Fsp3) is 0.167. The van der Waals surface area contributed by atoms with Crippen LogP contribution in [0.4, 0.5) is 11.4 Å². The Morgan fingerprint density at radius 3 is 2.40 bits per heavy atom. The van der Waals surface area contributed by atoms with Gasteiger partial charge in [0.15, 0.2) is 5.11 Å². The van der Waals surface area contributed by atoms with E-state index in [1.54, 1.807) is 55.5 Å². The number of amides is 2. The molecule has 2 aromatic carbocycles. The molecule has 0 spiro atoms. The first kappa shape index (κ1) is 18.4. The summed E-state index contributed by atoms with van der Waals surface area (Å²) in [6.07, 6.45) is 0.394. The number of carbonyl (C=O) groups is 2.